The Hall–Kier alpha value is -4.02. The molecule has 1 unspecified atom stereocenters. The van der Waals surface area contributed by atoms with Gasteiger partial charge in [-0.3, -0.25) is 9.59 Å². The van der Waals surface area contributed by atoms with Crippen LogP contribution in [0.2, 0.25) is 0 Å². The summed E-state index contributed by atoms with van der Waals surface area (Å²) in [5.74, 6) is -0.783. The highest BCUT2D eigenvalue weighted by molar-refractivity contribution is 6.10. The topological polar surface area (TPSA) is 57.6 Å². The molecule has 5 rings (SSSR count). The molecule has 1 N–H and O–H groups in total. The van der Waals surface area contributed by atoms with Gasteiger partial charge in [-0.1, -0.05) is 97.1 Å². The van der Waals surface area contributed by atoms with Crippen LogP contribution >= 0.6 is 0 Å². The first-order chi connectivity index (χ1) is 16.1. The van der Waals surface area contributed by atoms with Crippen molar-refractivity contribution in [3.05, 3.63) is 120 Å². The van der Waals surface area contributed by atoms with E-state index in [1.165, 1.54) is 6.08 Å². The summed E-state index contributed by atoms with van der Waals surface area (Å²) < 4.78 is 0. The van der Waals surface area contributed by atoms with Crippen molar-refractivity contribution in [3.8, 4) is 0 Å². The van der Waals surface area contributed by atoms with Gasteiger partial charge >= 0.3 is 0 Å². The van der Waals surface area contributed by atoms with Crippen molar-refractivity contribution in [2.45, 2.75) is 18.6 Å². The molecule has 0 radical (unpaired) electrons. The number of ketones is 1. The number of fused-ring (bicyclic) bond motifs is 2. The first-order valence-electron chi connectivity index (χ1n) is 10.9. The predicted octanol–water partition coefficient (Wildman–Crippen LogP) is 5.25. The number of rotatable bonds is 6. The third-order valence-corrected chi connectivity index (χ3v) is 6.14. The van der Waals surface area contributed by atoms with E-state index in [2.05, 4.69) is 0 Å². The number of carbonyl (C=O) groups is 2. The van der Waals surface area contributed by atoms with Gasteiger partial charge in [0.1, 0.15) is 0 Å². The fourth-order valence-electron chi connectivity index (χ4n) is 4.50. The minimum atomic E-state index is -1.89. The average Bonchev–Trinajstić information content (AvgIpc) is 3.05. The molecule has 0 saturated carbocycles. The van der Waals surface area contributed by atoms with E-state index < -0.39 is 11.5 Å². The smallest absolute Gasteiger partial charge is 0.264 e. The van der Waals surface area contributed by atoms with Gasteiger partial charge in [0.05, 0.1) is 18.7 Å². The molecular formula is C29H23NO3. The molecule has 4 nitrogen and oxygen atoms in total. The van der Waals surface area contributed by atoms with E-state index in [1.54, 1.807) is 23.1 Å². The van der Waals surface area contributed by atoms with Crippen molar-refractivity contribution in [2.24, 2.45) is 0 Å². The Labute approximate surface area is 192 Å². The van der Waals surface area contributed by atoms with E-state index in [-0.39, 0.29) is 12.2 Å². The van der Waals surface area contributed by atoms with Crippen molar-refractivity contribution in [3.63, 3.8) is 0 Å². The van der Waals surface area contributed by atoms with Crippen LogP contribution in [0, 0.1) is 0 Å². The average molecular weight is 434 g/mol. The second-order valence-corrected chi connectivity index (χ2v) is 8.29. The molecule has 1 heterocycles. The lowest BCUT2D eigenvalue weighted by molar-refractivity contribution is -0.140. The second kappa shape index (κ2) is 8.49. The third kappa shape index (κ3) is 3.86. The van der Waals surface area contributed by atoms with Gasteiger partial charge < -0.3 is 10.0 Å². The monoisotopic (exact) mass is 433 g/mol. The van der Waals surface area contributed by atoms with E-state index in [0.29, 0.717) is 17.8 Å². The molecule has 0 bridgehead atoms. The molecule has 0 aliphatic carbocycles. The van der Waals surface area contributed by atoms with Crippen molar-refractivity contribution in [1.82, 2.24) is 0 Å². The highest BCUT2D eigenvalue weighted by Crippen LogP contribution is 2.43. The number of nitrogens with zero attached hydrogens (tertiary/aromatic N) is 1. The van der Waals surface area contributed by atoms with Crippen LogP contribution in [-0.2, 0) is 21.7 Å². The second-order valence-electron chi connectivity index (χ2n) is 8.29. The van der Waals surface area contributed by atoms with Gasteiger partial charge in [0.25, 0.3) is 5.91 Å². The zero-order valence-corrected chi connectivity index (χ0v) is 18.0. The number of benzene rings is 4. The fraction of sp³-hybridized carbons (Fsp3) is 0.103. The first-order valence-corrected chi connectivity index (χ1v) is 10.9. The molecule has 33 heavy (non-hydrogen) atoms. The van der Waals surface area contributed by atoms with Crippen LogP contribution in [0.25, 0.3) is 16.8 Å². The Morgan fingerprint density at radius 2 is 1.55 bits per heavy atom. The Morgan fingerprint density at radius 3 is 2.39 bits per heavy atom. The number of hydrogen-bond acceptors (Lipinski definition) is 3. The predicted molar refractivity (Wildman–Crippen MR) is 131 cm³/mol. The summed E-state index contributed by atoms with van der Waals surface area (Å²) in [6, 6.07) is 30.6. The molecule has 0 fully saturated rings. The van der Waals surface area contributed by atoms with Crippen LogP contribution < -0.4 is 4.90 Å². The van der Waals surface area contributed by atoms with Crippen molar-refractivity contribution < 1.29 is 14.7 Å². The first kappa shape index (κ1) is 20.9. The summed E-state index contributed by atoms with van der Waals surface area (Å²) in [6.07, 6.45) is 2.82. The van der Waals surface area contributed by atoms with E-state index in [0.717, 1.165) is 21.9 Å². The molecule has 162 valence electrons. The summed E-state index contributed by atoms with van der Waals surface area (Å²) in [6.45, 7) is 0.313. The van der Waals surface area contributed by atoms with Crippen LogP contribution in [0.15, 0.2) is 103 Å². The molecule has 4 aromatic rings. The van der Waals surface area contributed by atoms with Crippen LogP contribution in [0.4, 0.5) is 5.69 Å². The molecular weight excluding hydrogens is 410 g/mol. The van der Waals surface area contributed by atoms with Crippen LogP contribution in [0.3, 0.4) is 0 Å². The quantitative estimate of drug-likeness (QED) is 0.423. The zero-order valence-electron chi connectivity index (χ0n) is 18.0. The molecule has 1 aliphatic rings. The fourth-order valence-corrected chi connectivity index (χ4v) is 4.50. The highest BCUT2D eigenvalue weighted by atomic mass is 16.3. The SMILES string of the molecule is O=C(C=Cc1ccccc1)CC1(O)C(=O)N(Cc2cccc3ccccc23)c2ccccc21. The number of amides is 1. The summed E-state index contributed by atoms with van der Waals surface area (Å²) in [5, 5.41) is 13.6. The Morgan fingerprint density at radius 1 is 0.848 bits per heavy atom. The van der Waals surface area contributed by atoms with Gasteiger partial charge in [-0.25, -0.2) is 0 Å². The number of allylic oxidation sites excluding steroid dienone is 1. The number of hydrogen-bond donors (Lipinski definition) is 1. The summed E-state index contributed by atoms with van der Waals surface area (Å²) in [7, 11) is 0. The van der Waals surface area contributed by atoms with Gasteiger partial charge in [-0.2, -0.15) is 0 Å². The number of aliphatic hydroxyl groups is 1. The summed E-state index contributed by atoms with van der Waals surface area (Å²) >= 11 is 0. The highest BCUT2D eigenvalue weighted by Gasteiger charge is 2.50. The van der Waals surface area contributed by atoms with Gasteiger partial charge in [-0.05, 0) is 34.0 Å². The third-order valence-electron chi connectivity index (χ3n) is 6.14. The van der Waals surface area contributed by atoms with E-state index in [9.17, 15) is 14.7 Å². The van der Waals surface area contributed by atoms with Gasteiger partial charge in [0, 0.05) is 5.56 Å². The lowest BCUT2D eigenvalue weighted by atomic mass is 9.89. The standard InChI is InChI=1S/C29H23NO3/c31-24(18-17-21-9-2-1-3-10-21)19-29(33)26-15-6-7-16-27(26)30(28(29)32)20-23-13-8-12-22-11-4-5-14-25(22)23/h1-18,33H,19-20H2. The largest absolute Gasteiger partial charge is 0.375 e. The zero-order chi connectivity index (χ0) is 22.8. The summed E-state index contributed by atoms with van der Waals surface area (Å²) in [4.78, 5) is 27.9. The molecule has 1 aliphatic heterocycles. The maximum absolute atomic E-state index is 13.5. The van der Waals surface area contributed by atoms with Crippen LogP contribution in [-0.4, -0.2) is 16.8 Å². The van der Waals surface area contributed by atoms with Crippen molar-refractivity contribution in [1.29, 1.82) is 0 Å². The number of anilines is 1. The van der Waals surface area contributed by atoms with Crippen molar-refractivity contribution in [2.75, 3.05) is 4.90 Å². The lowest BCUT2D eigenvalue weighted by Crippen LogP contribution is -2.41. The minimum absolute atomic E-state index is 0.307. The molecule has 1 atom stereocenters. The Bertz CT molecular complexity index is 1370. The molecule has 1 amide bonds. The lowest BCUT2D eigenvalue weighted by Gasteiger charge is -2.23. The van der Waals surface area contributed by atoms with Gasteiger partial charge in [0.2, 0.25) is 0 Å². The molecule has 4 heteroatoms. The van der Waals surface area contributed by atoms with E-state index >= 15 is 0 Å². The van der Waals surface area contributed by atoms with Crippen LogP contribution in [0.5, 0.6) is 0 Å². The van der Waals surface area contributed by atoms with Crippen molar-refractivity contribution >= 4 is 34.2 Å². The molecule has 0 saturated heterocycles. The maximum Gasteiger partial charge on any atom is 0.264 e. The maximum atomic E-state index is 13.5. The molecule has 0 aromatic heterocycles. The normalized spacial score (nSPS) is 17.6. The van der Waals surface area contributed by atoms with E-state index in [1.807, 2.05) is 84.9 Å². The molecule has 4 aromatic carbocycles. The minimum Gasteiger partial charge on any atom is -0.375 e. The van der Waals surface area contributed by atoms with Crippen LogP contribution in [0.1, 0.15) is 23.1 Å². The number of para-hydroxylation sites is 1. The van der Waals surface area contributed by atoms with E-state index in [4.69, 9.17) is 0 Å². The van der Waals surface area contributed by atoms with Gasteiger partial charge in [0.15, 0.2) is 11.4 Å². The molecule has 0 spiro atoms. The van der Waals surface area contributed by atoms with Gasteiger partial charge in [-0.15, -0.1) is 0 Å². The summed E-state index contributed by atoms with van der Waals surface area (Å²) in [5.41, 5.74) is 1.08. The number of carbonyl (C=O) groups excluding carboxylic acids is 2. The Balaban J connectivity index is 1.45. The Kier molecular flexibility index (Phi) is 5.37.